The van der Waals surface area contributed by atoms with Crippen molar-refractivity contribution in [3.8, 4) is 11.4 Å². The minimum atomic E-state index is -0.0893. The lowest BCUT2D eigenvalue weighted by atomic mass is 10.00. The zero-order chi connectivity index (χ0) is 16.5. The molecule has 2 aliphatic heterocycles. The summed E-state index contributed by atoms with van der Waals surface area (Å²) in [5, 5.41) is 11.1. The third-order valence-corrected chi connectivity index (χ3v) is 4.97. The number of aromatic nitrogens is 2. The van der Waals surface area contributed by atoms with Crippen molar-refractivity contribution < 1.29 is 9.53 Å². The lowest BCUT2D eigenvalue weighted by molar-refractivity contribution is 0.0918. The Morgan fingerprint density at radius 1 is 1.21 bits per heavy atom. The van der Waals surface area contributed by atoms with E-state index in [-0.39, 0.29) is 11.9 Å². The number of nitrogens with zero attached hydrogens (tertiary/aromatic N) is 2. The minimum Gasteiger partial charge on any atom is -0.497 e. The second kappa shape index (κ2) is 6.28. The SMILES string of the molecule is COc1ccc(-n2ccc(C(=O)NC3CC4CCC(C3)N4)n2)cc1. The third-order valence-electron chi connectivity index (χ3n) is 4.97. The highest BCUT2D eigenvalue weighted by Gasteiger charge is 2.34. The summed E-state index contributed by atoms with van der Waals surface area (Å²) >= 11 is 0. The number of methoxy groups -OCH3 is 1. The molecule has 1 amide bonds. The first kappa shape index (κ1) is 15.2. The van der Waals surface area contributed by atoms with Crippen LogP contribution in [0.1, 0.15) is 36.2 Å². The Morgan fingerprint density at radius 3 is 2.58 bits per heavy atom. The van der Waals surface area contributed by atoms with E-state index in [9.17, 15) is 4.79 Å². The van der Waals surface area contributed by atoms with E-state index in [4.69, 9.17) is 4.74 Å². The van der Waals surface area contributed by atoms with Crippen LogP contribution in [0.25, 0.3) is 5.69 Å². The summed E-state index contributed by atoms with van der Waals surface area (Å²) in [7, 11) is 1.64. The number of carbonyl (C=O) groups is 1. The Morgan fingerprint density at radius 2 is 1.92 bits per heavy atom. The predicted octanol–water partition coefficient (Wildman–Crippen LogP) is 1.89. The summed E-state index contributed by atoms with van der Waals surface area (Å²) < 4.78 is 6.87. The number of amides is 1. The molecule has 2 atom stereocenters. The van der Waals surface area contributed by atoms with E-state index in [0.717, 1.165) is 24.3 Å². The number of ether oxygens (including phenoxy) is 1. The molecule has 2 bridgehead atoms. The lowest BCUT2D eigenvalue weighted by Gasteiger charge is -2.29. The number of benzene rings is 1. The zero-order valence-corrected chi connectivity index (χ0v) is 13.7. The first-order chi connectivity index (χ1) is 11.7. The number of carbonyl (C=O) groups excluding carboxylic acids is 1. The van der Waals surface area contributed by atoms with Gasteiger partial charge in [0.05, 0.1) is 12.8 Å². The van der Waals surface area contributed by atoms with E-state index >= 15 is 0 Å². The standard InChI is InChI=1S/C18H22N4O2/c1-24-16-6-4-15(5-7-16)22-9-8-17(21-22)18(23)20-14-10-12-2-3-13(11-14)19-12/h4-9,12-14,19H,2-3,10-11H2,1H3,(H,20,23). The summed E-state index contributed by atoms with van der Waals surface area (Å²) in [6, 6.07) is 10.7. The molecule has 6 heteroatoms. The fourth-order valence-electron chi connectivity index (χ4n) is 3.76. The van der Waals surface area contributed by atoms with Crippen LogP contribution in [0.5, 0.6) is 5.75 Å². The Kier molecular flexibility index (Phi) is 3.98. The second-order valence-electron chi connectivity index (χ2n) is 6.62. The molecule has 2 unspecified atom stereocenters. The first-order valence-corrected chi connectivity index (χ1v) is 8.48. The Hall–Kier alpha value is -2.34. The fraction of sp³-hybridized carbons (Fsp3) is 0.444. The van der Waals surface area contributed by atoms with Crippen molar-refractivity contribution >= 4 is 5.91 Å². The van der Waals surface area contributed by atoms with E-state index < -0.39 is 0 Å². The van der Waals surface area contributed by atoms with Gasteiger partial charge in [-0.1, -0.05) is 0 Å². The number of hydrogen-bond acceptors (Lipinski definition) is 4. The average molecular weight is 326 g/mol. The maximum atomic E-state index is 12.5. The summed E-state index contributed by atoms with van der Waals surface area (Å²) in [6.45, 7) is 0. The number of rotatable bonds is 4. The van der Waals surface area contributed by atoms with Gasteiger partial charge in [0.25, 0.3) is 5.91 Å². The maximum Gasteiger partial charge on any atom is 0.272 e. The van der Waals surface area contributed by atoms with E-state index in [0.29, 0.717) is 17.8 Å². The van der Waals surface area contributed by atoms with Crippen molar-refractivity contribution in [3.05, 3.63) is 42.2 Å². The van der Waals surface area contributed by atoms with Crippen LogP contribution in [0.3, 0.4) is 0 Å². The molecule has 2 aliphatic rings. The van der Waals surface area contributed by atoms with Crippen LogP contribution < -0.4 is 15.4 Å². The monoisotopic (exact) mass is 326 g/mol. The van der Waals surface area contributed by atoms with Gasteiger partial charge < -0.3 is 15.4 Å². The van der Waals surface area contributed by atoms with Gasteiger partial charge in [0.1, 0.15) is 5.75 Å². The van der Waals surface area contributed by atoms with Gasteiger partial charge in [0.2, 0.25) is 0 Å². The van der Waals surface area contributed by atoms with Crippen LogP contribution in [-0.2, 0) is 0 Å². The highest BCUT2D eigenvalue weighted by molar-refractivity contribution is 5.92. The summed E-state index contributed by atoms with van der Waals surface area (Å²) in [5.41, 5.74) is 1.35. The molecule has 24 heavy (non-hydrogen) atoms. The van der Waals surface area contributed by atoms with Gasteiger partial charge in [-0.25, -0.2) is 4.68 Å². The van der Waals surface area contributed by atoms with Gasteiger partial charge in [0.15, 0.2) is 5.69 Å². The zero-order valence-electron chi connectivity index (χ0n) is 13.7. The molecule has 0 radical (unpaired) electrons. The molecule has 126 valence electrons. The average Bonchev–Trinajstić information content (AvgIpc) is 3.22. The lowest BCUT2D eigenvalue weighted by Crippen LogP contribution is -2.48. The molecule has 4 rings (SSSR count). The number of hydrogen-bond donors (Lipinski definition) is 2. The van der Waals surface area contributed by atoms with Gasteiger partial charge in [-0.3, -0.25) is 4.79 Å². The van der Waals surface area contributed by atoms with Crippen molar-refractivity contribution in [1.29, 1.82) is 0 Å². The topological polar surface area (TPSA) is 68.2 Å². The van der Waals surface area contributed by atoms with Gasteiger partial charge in [-0.05, 0) is 56.0 Å². The molecular formula is C18H22N4O2. The van der Waals surface area contributed by atoms with Crippen LogP contribution in [0.2, 0.25) is 0 Å². The first-order valence-electron chi connectivity index (χ1n) is 8.48. The van der Waals surface area contributed by atoms with E-state index in [1.165, 1.54) is 12.8 Å². The summed E-state index contributed by atoms with van der Waals surface area (Å²) in [4.78, 5) is 12.5. The molecular weight excluding hydrogens is 304 g/mol. The molecule has 1 aromatic carbocycles. The Balaban J connectivity index is 1.42. The van der Waals surface area contributed by atoms with Crippen molar-refractivity contribution in [2.45, 2.75) is 43.8 Å². The molecule has 0 saturated carbocycles. The number of piperidine rings is 1. The summed E-state index contributed by atoms with van der Waals surface area (Å²) in [5.74, 6) is 0.706. The van der Waals surface area contributed by atoms with Crippen molar-refractivity contribution in [3.63, 3.8) is 0 Å². The van der Waals surface area contributed by atoms with Crippen molar-refractivity contribution in [2.24, 2.45) is 0 Å². The molecule has 2 saturated heterocycles. The molecule has 6 nitrogen and oxygen atoms in total. The highest BCUT2D eigenvalue weighted by atomic mass is 16.5. The largest absolute Gasteiger partial charge is 0.497 e. The van der Waals surface area contributed by atoms with Gasteiger partial charge >= 0.3 is 0 Å². The fourth-order valence-corrected chi connectivity index (χ4v) is 3.76. The maximum absolute atomic E-state index is 12.5. The van der Waals surface area contributed by atoms with Gasteiger partial charge in [0, 0.05) is 24.3 Å². The van der Waals surface area contributed by atoms with E-state index in [2.05, 4.69) is 15.7 Å². The molecule has 2 aromatic rings. The Labute approximate surface area is 141 Å². The Bertz CT molecular complexity index is 713. The highest BCUT2D eigenvalue weighted by Crippen LogP contribution is 2.26. The minimum absolute atomic E-state index is 0.0893. The van der Waals surface area contributed by atoms with Crippen LogP contribution >= 0.6 is 0 Å². The predicted molar refractivity (Wildman–Crippen MR) is 90.5 cm³/mol. The molecule has 2 fully saturated rings. The summed E-state index contributed by atoms with van der Waals surface area (Å²) in [6.07, 6.45) is 6.29. The van der Waals surface area contributed by atoms with Crippen LogP contribution in [-0.4, -0.2) is 40.9 Å². The van der Waals surface area contributed by atoms with E-state index in [1.54, 1.807) is 17.9 Å². The molecule has 0 spiro atoms. The number of fused-ring (bicyclic) bond motifs is 2. The van der Waals surface area contributed by atoms with E-state index in [1.807, 2.05) is 30.5 Å². The van der Waals surface area contributed by atoms with Crippen LogP contribution in [0.15, 0.2) is 36.5 Å². The molecule has 0 aliphatic carbocycles. The molecule has 3 heterocycles. The second-order valence-corrected chi connectivity index (χ2v) is 6.62. The third kappa shape index (κ3) is 3.01. The van der Waals surface area contributed by atoms with Crippen molar-refractivity contribution in [1.82, 2.24) is 20.4 Å². The number of nitrogens with one attached hydrogen (secondary N) is 2. The van der Waals surface area contributed by atoms with Crippen LogP contribution in [0.4, 0.5) is 0 Å². The molecule has 2 N–H and O–H groups in total. The smallest absolute Gasteiger partial charge is 0.272 e. The van der Waals surface area contributed by atoms with Crippen LogP contribution in [0, 0.1) is 0 Å². The quantitative estimate of drug-likeness (QED) is 0.900. The van der Waals surface area contributed by atoms with Gasteiger partial charge in [-0.15, -0.1) is 0 Å². The normalized spacial score (nSPS) is 25.5. The molecule has 1 aromatic heterocycles. The van der Waals surface area contributed by atoms with Crippen molar-refractivity contribution in [2.75, 3.05) is 7.11 Å². The van der Waals surface area contributed by atoms with Gasteiger partial charge in [-0.2, -0.15) is 5.10 Å².